The maximum atomic E-state index is 13.5. The molecule has 0 bridgehead atoms. The first kappa shape index (κ1) is 33.5. The lowest BCUT2D eigenvalue weighted by molar-refractivity contribution is -0.121. The SMILES string of the molecule is CC[C@H](C)[C@@H](CN(Cc1cccc(Cl)c1Cl)C(=S)Nc1cccc(Br)c1)NC(=O)Cc1cncn1Cc1ccc(C#N)cc1. The van der Waals surface area contributed by atoms with Crippen LogP contribution in [0.3, 0.4) is 0 Å². The van der Waals surface area contributed by atoms with Crippen molar-refractivity contribution in [3.05, 3.63) is 116 Å². The number of amides is 1. The van der Waals surface area contributed by atoms with Gasteiger partial charge in [-0.05, 0) is 65.7 Å². The lowest BCUT2D eigenvalue weighted by Crippen LogP contribution is -2.50. The van der Waals surface area contributed by atoms with Crippen molar-refractivity contribution in [2.75, 3.05) is 11.9 Å². The van der Waals surface area contributed by atoms with Crippen LogP contribution in [0.4, 0.5) is 5.69 Å². The zero-order valence-corrected chi connectivity index (χ0v) is 28.3. The third kappa shape index (κ3) is 9.29. The van der Waals surface area contributed by atoms with Crippen LogP contribution in [0.1, 0.15) is 42.7 Å². The lowest BCUT2D eigenvalue weighted by Gasteiger charge is -2.33. The molecule has 2 N–H and O–H groups in total. The van der Waals surface area contributed by atoms with Crippen molar-refractivity contribution >= 4 is 68.1 Å². The van der Waals surface area contributed by atoms with Crippen LogP contribution in [0.25, 0.3) is 0 Å². The maximum Gasteiger partial charge on any atom is 0.226 e. The Morgan fingerprint density at radius 3 is 2.61 bits per heavy atom. The third-order valence-corrected chi connectivity index (χ3v) is 9.14. The number of nitrogens with zero attached hydrogens (tertiary/aromatic N) is 4. The summed E-state index contributed by atoms with van der Waals surface area (Å²) in [6, 6.07) is 22.6. The Morgan fingerprint density at radius 1 is 1.16 bits per heavy atom. The van der Waals surface area contributed by atoms with Crippen LogP contribution in [0.15, 0.2) is 83.7 Å². The zero-order chi connectivity index (χ0) is 31.6. The fraction of sp³-hybridized carbons (Fsp3) is 0.273. The Labute approximate surface area is 282 Å². The van der Waals surface area contributed by atoms with Crippen LogP contribution >= 0.6 is 51.3 Å². The van der Waals surface area contributed by atoms with E-state index in [9.17, 15) is 4.79 Å². The number of aromatic nitrogens is 2. The number of imidazole rings is 1. The van der Waals surface area contributed by atoms with E-state index in [1.54, 1.807) is 30.7 Å². The first-order valence-electron chi connectivity index (χ1n) is 14.2. The normalized spacial score (nSPS) is 12.2. The van der Waals surface area contributed by atoms with Crippen molar-refractivity contribution in [3.8, 4) is 6.07 Å². The minimum Gasteiger partial charge on any atom is -0.351 e. The van der Waals surface area contributed by atoms with Gasteiger partial charge in [0.15, 0.2) is 5.11 Å². The van der Waals surface area contributed by atoms with Crippen molar-refractivity contribution < 1.29 is 4.79 Å². The van der Waals surface area contributed by atoms with Gasteiger partial charge in [0, 0.05) is 47.7 Å². The maximum absolute atomic E-state index is 13.5. The Hall–Kier alpha value is -3.42. The van der Waals surface area contributed by atoms with Gasteiger partial charge in [-0.1, -0.05) is 89.7 Å². The summed E-state index contributed by atoms with van der Waals surface area (Å²) in [5.41, 5.74) is 4.09. The second-order valence-electron chi connectivity index (χ2n) is 10.6. The molecule has 0 fully saturated rings. The van der Waals surface area contributed by atoms with Crippen LogP contribution in [-0.4, -0.2) is 38.1 Å². The Kier molecular flexibility index (Phi) is 12.2. The van der Waals surface area contributed by atoms with Gasteiger partial charge >= 0.3 is 0 Å². The largest absolute Gasteiger partial charge is 0.351 e. The van der Waals surface area contributed by atoms with Gasteiger partial charge in [-0.2, -0.15) is 5.26 Å². The number of halogens is 3. The summed E-state index contributed by atoms with van der Waals surface area (Å²) in [4.78, 5) is 19.8. The average Bonchev–Trinajstić information content (AvgIpc) is 3.44. The summed E-state index contributed by atoms with van der Waals surface area (Å²) in [5.74, 6) is 0.0528. The molecule has 1 amide bonds. The van der Waals surface area contributed by atoms with Gasteiger partial charge in [0.25, 0.3) is 0 Å². The standard InChI is InChI=1S/C33H33BrCl2N6OS/c1-3-22(2)30(40-31(43)15-28-17-38-21-42(28)18-24-12-10-23(16-37)11-13-24)20-41(19-25-6-4-9-29(35)32(25)36)33(44)39-27-8-5-7-26(34)14-27/h4-14,17,21-22,30H,3,15,18-20H2,1-2H3,(H,39,44)(H,40,43)/t22-,30+/m0/s1. The lowest BCUT2D eigenvalue weighted by atomic mass is 9.98. The highest BCUT2D eigenvalue weighted by molar-refractivity contribution is 9.10. The first-order chi connectivity index (χ1) is 21.2. The molecule has 0 unspecified atom stereocenters. The number of thiocarbonyl (C=S) groups is 1. The van der Waals surface area contributed by atoms with E-state index >= 15 is 0 Å². The molecule has 0 saturated carbocycles. The predicted octanol–water partition coefficient (Wildman–Crippen LogP) is 7.84. The van der Waals surface area contributed by atoms with Gasteiger partial charge in [0.1, 0.15) is 0 Å². The number of carbonyl (C=O) groups is 1. The van der Waals surface area contributed by atoms with Gasteiger partial charge in [-0.3, -0.25) is 4.79 Å². The molecule has 0 aliphatic heterocycles. The second-order valence-corrected chi connectivity index (χ2v) is 12.7. The summed E-state index contributed by atoms with van der Waals surface area (Å²) in [7, 11) is 0. The van der Waals surface area contributed by atoms with E-state index in [4.69, 9.17) is 40.7 Å². The third-order valence-electron chi connectivity index (χ3n) is 7.43. The molecule has 228 valence electrons. The van der Waals surface area contributed by atoms with Crippen LogP contribution in [-0.2, 0) is 24.3 Å². The molecule has 2 atom stereocenters. The molecule has 4 aromatic rings. The first-order valence-corrected chi connectivity index (χ1v) is 16.1. The van der Waals surface area contributed by atoms with Crippen molar-refractivity contribution in [1.29, 1.82) is 5.26 Å². The van der Waals surface area contributed by atoms with Crippen LogP contribution in [0.2, 0.25) is 10.0 Å². The van der Waals surface area contributed by atoms with Crippen LogP contribution in [0.5, 0.6) is 0 Å². The Morgan fingerprint density at radius 2 is 1.91 bits per heavy atom. The summed E-state index contributed by atoms with van der Waals surface area (Å²) in [6.45, 7) is 5.63. The zero-order valence-electron chi connectivity index (χ0n) is 24.4. The monoisotopic (exact) mass is 710 g/mol. The number of hydrogen-bond donors (Lipinski definition) is 2. The van der Waals surface area contributed by atoms with Gasteiger partial charge in [-0.15, -0.1) is 0 Å². The molecule has 44 heavy (non-hydrogen) atoms. The number of hydrogen-bond acceptors (Lipinski definition) is 4. The minimum atomic E-state index is -0.206. The molecule has 7 nitrogen and oxygen atoms in total. The molecule has 4 rings (SSSR count). The van der Waals surface area contributed by atoms with E-state index in [1.807, 2.05) is 58.0 Å². The molecule has 11 heteroatoms. The van der Waals surface area contributed by atoms with Crippen molar-refractivity contribution in [2.24, 2.45) is 5.92 Å². The van der Waals surface area contributed by atoms with E-state index < -0.39 is 0 Å². The highest BCUT2D eigenvalue weighted by atomic mass is 79.9. The Bertz CT molecular complexity index is 1640. The molecule has 0 spiro atoms. The van der Waals surface area contributed by atoms with Gasteiger partial charge in [0.2, 0.25) is 5.91 Å². The fourth-order valence-electron chi connectivity index (χ4n) is 4.70. The fourth-order valence-corrected chi connectivity index (χ4v) is 5.73. The average molecular weight is 713 g/mol. The molecule has 0 aliphatic rings. The van der Waals surface area contributed by atoms with Gasteiger partial charge in [0.05, 0.1) is 34.4 Å². The van der Waals surface area contributed by atoms with Crippen molar-refractivity contribution in [1.82, 2.24) is 19.8 Å². The topological polar surface area (TPSA) is 86.0 Å². The predicted molar refractivity (Wildman–Crippen MR) is 185 cm³/mol. The van der Waals surface area contributed by atoms with E-state index in [2.05, 4.69) is 51.5 Å². The van der Waals surface area contributed by atoms with Crippen molar-refractivity contribution in [2.45, 2.75) is 45.8 Å². The van der Waals surface area contributed by atoms with E-state index in [0.717, 1.165) is 33.4 Å². The molecule has 0 aliphatic carbocycles. The summed E-state index contributed by atoms with van der Waals surface area (Å²) in [5, 5.41) is 17.1. The molecule has 0 radical (unpaired) electrons. The molecular weight excluding hydrogens is 679 g/mol. The van der Waals surface area contributed by atoms with Crippen LogP contribution in [0, 0.1) is 17.2 Å². The summed E-state index contributed by atoms with van der Waals surface area (Å²) in [6.07, 6.45) is 4.46. The van der Waals surface area contributed by atoms with Gasteiger partial charge in [-0.25, -0.2) is 4.98 Å². The number of benzene rings is 3. The van der Waals surface area contributed by atoms with E-state index in [0.29, 0.717) is 40.4 Å². The molecule has 1 heterocycles. The molecule has 1 aromatic heterocycles. The highest BCUT2D eigenvalue weighted by Gasteiger charge is 2.25. The number of nitriles is 1. The number of carbonyl (C=O) groups excluding carboxylic acids is 1. The summed E-state index contributed by atoms with van der Waals surface area (Å²) < 4.78 is 2.88. The minimum absolute atomic E-state index is 0.108. The number of nitrogens with one attached hydrogen (secondary N) is 2. The smallest absolute Gasteiger partial charge is 0.226 e. The van der Waals surface area contributed by atoms with Crippen LogP contribution < -0.4 is 10.6 Å². The Balaban J connectivity index is 1.51. The quantitative estimate of drug-likeness (QED) is 0.146. The number of rotatable bonds is 12. The molecular formula is C33H33BrCl2N6OS. The van der Waals surface area contributed by atoms with E-state index in [1.165, 1.54) is 0 Å². The van der Waals surface area contributed by atoms with E-state index in [-0.39, 0.29) is 24.3 Å². The highest BCUT2D eigenvalue weighted by Crippen LogP contribution is 2.27. The number of anilines is 1. The summed E-state index contributed by atoms with van der Waals surface area (Å²) >= 11 is 22.3. The molecule has 0 saturated heterocycles. The second kappa shape index (κ2) is 16.1. The van der Waals surface area contributed by atoms with Crippen molar-refractivity contribution in [3.63, 3.8) is 0 Å². The van der Waals surface area contributed by atoms with Gasteiger partial charge < -0.3 is 20.1 Å². The molecule has 3 aromatic carbocycles.